The highest BCUT2D eigenvalue weighted by molar-refractivity contribution is 7.99. The van der Waals surface area contributed by atoms with Gasteiger partial charge >= 0.3 is 0 Å². The van der Waals surface area contributed by atoms with Crippen molar-refractivity contribution in [1.82, 2.24) is 10.3 Å². The first-order chi connectivity index (χ1) is 14.5. The maximum atomic E-state index is 12.1. The van der Waals surface area contributed by atoms with Crippen LogP contribution >= 0.6 is 23.4 Å². The van der Waals surface area contributed by atoms with Gasteiger partial charge in [-0.25, -0.2) is 4.98 Å². The fourth-order valence-corrected chi connectivity index (χ4v) is 3.83. The summed E-state index contributed by atoms with van der Waals surface area (Å²) in [5, 5.41) is 3.53. The van der Waals surface area contributed by atoms with Crippen LogP contribution in [0.4, 0.5) is 0 Å². The van der Waals surface area contributed by atoms with E-state index in [2.05, 4.69) is 10.3 Å². The molecule has 0 unspecified atom stereocenters. The Kier molecular flexibility index (Phi) is 7.65. The highest BCUT2D eigenvalue weighted by Crippen LogP contribution is 2.33. The van der Waals surface area contributed by atoms with Crippen molar-refractivity contribution in [3.05, 3.63) is 64.5 Å². The molecular formula is C22H23ClN2O4S. The molecule has 158 valence electrons. The second kappa shape index (κ2) is 10.4. The number of aryl methyl sites for hydroxylation is 1. The van der Waals surface area contributed by atoms with Gasteiger partial charge in [0.1, 0.15) is 5.76 Å². The number of hydrogen-bond donors (Lipinski definition) is 1. The number of halogens is 1. The fraction of sp³-hybridized carbons (Fsp3) is 0.273. The lowest BCUT2D eigenvalue weighted by Crippen LogP contribution is -2.24. The van der Waals surface area contributed by atoms with E-state index in [0.29, 0.717) is 40.5 Å². The van der Waals surface area contributed by atoms with Gasteiger partial charge in [0.25, 0.3) is 0 Å². The number of rotatable bonds is 9. The molecule has 0 radical (unpaired) electrons. The SMILES string of the molecule is COc1ccc(-c2nc(CSCC(=O)NCc3ccccc3Cl)c(C)o2)cc1OC. The van der Waals surface area contributed by atoms with Crippen LogP contribution < -0.4 is 14.8 Å². The van der Waals surface area contributed by atoms with Crippen LogP contribution in [0.25, 0.3) is 11.5 Å². The number of carbonyl (C=O) groups excluding carboxylic acids is 1. The van der Waals surface area contributed by atoms with E-state index in [-0.39, 0.29) is 5.91 Å². The number of aromatic nitrogens is 1. The number of thioether (sulfide) groups is 1. The molecule has 0 saturated carbocycles. The van der Waals surface area contributed by atoms with Gasteiger partial charge in [0.05, 0.1) is 25.7 Å². The van der Waals surface area contributed by atoms with E-state index in [0.717, 1.165) is 22.6 Å². The lowest BCUT2D eigenvalue weighted by Gasteiger charge is -2.07. The second-order valence-corrected chi connectivity index (χ2v) is 7.85. The quantitative estimate of drug-likeness (QED) is 0.505. The molecule has 0 spiro atoms. The Morgan fingerprint density at radius 3 is 2.67 bits per heavy atom. The average Bonchev–Trinajstić information content (AvgIpc) is 3.13. The van der Waals surface area contributed by atoms with Crippen molar-refractivity contribution < 1.29 is 18.7 Å². The van der Waals surface area contributed by atoms with E-state index in [4.69, 9.17) is 25.5 Å². The number of oxazole rings is 1. The maximum absolute atomic E-state index is 12.1. The number of ether oxygens (including phenoxy) is 2. The Bertz CT molecular complexity index is 1020. The topological polar surface area (TPSA) is 73.6 Å². The van der Waals surface area contributed by atoms with Gasteiger partial charge in [-0.2, -0.15) is 0 Å². The summed E-state index contributed by atoms with van der Waals surface area (Å²) >= 11 is 7.59. The summed E-state index contributed by atoms with van der Waals surface area (Å²) in [5.41, 5.74) is 2.50. The molecule has 1 aromatic heterocycles. The number of nitrogens with zero attached hydrogens (tertiary/aromatic N) is 1. The Labute approximate surface area is 184 Å². The summed E-state index contributed by atoms with van der Waals surface area (Å²) in [4.78, 5) is 16.7. The Morgan fingerprint density at radius 2 is 1.93 bits per heavy atom. The molecule has 6 nitrogen and oxygen atoms in total. The molecule has 2 aromatic carbocycles. The van der Waals surface area contributed by atoms with Gasteiger partial charge in [0, 0.05) is 22.9 Å². The van der Waals surface area contributed by atoms with Crippen molar-refractivity contribution in [2.24, 2.45) is 0 Å². The van der Waals surface area contributed by atoms with Crippen molar-refractivity contribution in [1.29, 1.82) is 0 Å². The van der Waals surface area contributed by atoms with Crippen molar-refractivity contribution >= 4 is 29.3 Å². The van der Waals surface area contributed by atoms with Crippen LogP contribution in [0.15, 0.2) is 46.9 Å². The first-order valence-electron chi connectivity index (χ1n) is 9.28. The summed E-state index contributed by atoms with van der Waals surface area (Å²) in [6.45, 7) is 2.27. The lowest BCUT2D eigenvalue weighted by atomic mass is 10.2. The minimum absolute atomic E-state index is 0.0545. The number of nitrogens with one attached hydrogen (secondary N) is 1. The third kappa shape index (κ3) is 5.49. The minimum atomic E-state index is -0.0545. The van der Waals surface area contributed by atoms with Crippen LogP contribution in [-0.4, -0.2) is 30.9 Å². The van der Waals surface area contributed by atoms with Crippen molar-refractivity contribution in [3.8, 4) is 23.0 Å². The van der Waals surface area contributed by atoms with Gasteiger partial charge in [-0.1, -0.05) is 29.8 Å². The number of carbonyl (C=O) groups is 1. The van der Waals surface area contributed by atoms with E-state index in [1.54, 1.807) is 20.3 Å². The first kappa shape index (κ1) is 22.1. The van der Waals surface area contributed by atoms with Crippen LogP contribution in [0.5, 0.6) is 11.5 Å². The van der Waals surface area contributed by atoms with E-state index >= 15 is 0 Å². The molecule has 0 bridgehead atoms. The largest absolute Gasteiger partial charge is 0.493 e. The predicted octanol–water partition coefficient (Wildman–Crippen LogP) is 4.87. The monoisotopic (exact) mass is 446 g/mol. The fourth-order valence-electron chi connectivity index (χ4n) is 2.78. The highest BCUT2D eigenvalue weighted by Gasteiger charge is 2.14. The van der Waals surface area contributed by atoms with Crippen LogP contribution in [0.3, 0.4) is 0 Å². The van der Waals surface area contributed by atoms with Crippen molar-refractivity contribution in [2.75, 3.05) is 20.0 Å². The number of amides is 1. The molecule has 1 heterocycles. The van der Waals surface area contributed by atoms with E-state index < -0.39 is 0 Å². The summed E-state index contributed by atoms with van der Waals surface area (Å²) in [5.74, 6) is 3.32. The Hall–Kier alpha value is -2.64. The molecule has 0 aliphatic carbocycles. The summed E-state index contributed by atoms with van der Waals surface area (Å²) < 4.78 is 16.4. The summed E-state index contributed by atoms with van der Waals surface area (Å²) in [6.07, 6.45) is 0. The van der Waals surface area contributed by atoms with E-state index in [1.165, 1.54) is 11.8 Å². The molecule has 0 fully saturated rings. The van der Waals surface area contributed by atoms with Crippen molar-refractivity contribution in [2.45, 2.75) is 19.2 Å². The first-order valence-corrected chi connectivity index (χ1v) is 10.8. The Balaban J connectivity index is 1.55. The van der Waals surface area contributed by atoms with Gasteiger partial charge in [-0.05, 0) is 36.8 Å². The van der Waals surface area contributed by atoms with Gasteiger partial charge in [0.15, 0.2) is 11.5 Å². The van der Waals surface area contributed by atoms with E-state index in [1.807, 2.05) is 43.3 Å². The van der Waals surface area contributed by atoms with Gasteiger partial charge in [-0.15, -0.1) is 11.8 Å². The van der Waals surface area contributed by atoms with Gasteiger partial charge in [-0.3, -0.25) is 4.79 Å². The standard InChI is InChI=1S/C22H23ClN2O4S/c1-14-18(12-30-13-21(26)24-11-16-6-4-5-7-17(16)23)25-22(29-14)15-8-9-19(27-2)20(10-15)28-3/h4-10H,11-13H2,1-3H3,(H,24,26). The lowest BCUT2D eigenvalue weighted by molar-refractivity contribution is -0.118. The smallest absolute Gasteiger partial charge is 0.230 e. The Morgan fingerprint density at radius 1 is 1.17 bits per heavy atom. The minimum Gasteiger partial charge on any atom is -0.493 e. The van der Waals surface area contributed by atoms with Gasteiger partial charge in [0.2, 0.25) is 11.8 Å². The second-order valence-electron chi connectivity index (χ2n) is 6.45. The molecule has 0 atom stereocenters. The molecule has 0 aliphatic rings. The maximum Gasteiger partial charge on any atom is 0.230 e. The molecule has 3 rings (SSSR count). The molecule has 0 aliphatic heterocycles. The van der Waals surface area contributed by atoms with Crippen LogP contribution in [0, 0.1) is 6.92 Å². The van der Waals surface area contributed by atoms with E-state index in [9.17, 15) is 4.79 Å². The molecule has 1 N–H and O–H groups in total. The third-order valence-corrected chi connectivity index (χ3v) is 5.74. The molecule has 30 heavy (non-hydrogen) atoms. The highest BCUT2D eigenvalue weighted by atomic mass is 35.5. The zero-order valence-corrected chi connectivity index (χ0v) is 18.6. The third-order valence-electron chi connectivity index (χ3n) is 4.43. The molecular weight excluding hydrogens is 424 g/mol. The zero-order valence-electron chi connectivity index (χ0n) is 17.0. The number of benzene rings is 2. The molecule has 3 aromatic rings. The number of methoxy groups -OCH3 is 2. The molecule has 0 saturated heterocycles. The van der Waals surface area contributed by atoms with Crippen LogP contribution in [0.2, 0.25) is 5.02 Å². The number of hydrogen-bond acceptors (Lipinski definition) is 6. The summed E-state index contributed by atoms with van der Waals surface area (Å²) in [6, 6.07) is 13.0. The molecule has 8 heteroatoms. The van der Waals surface area contributed by atoms with Crippen LogP contribution in [0.1, 0.15) is 17.0 Å². The summed E-state index contributed by atoms with van der Waals surface area (Å²) in [7, 11) is 3.17. The average molecular weight is 447 g/mol. The predicted molar refractivity (Wildman–Crippen MR) is 119 cm³/mol. The normalized spacial score (nSPS) is 10.7. The molecule has 1 amide bonds. The van der Waals surface area contributed by atoms with Crippen LogP contribution in [-0.2, 0) is 17.1 Å². The zero-order chi connectivity index (χ0) is 21.5. The van der Waals surface area contributed by atoms with Gasteiger partial charge < -0.3 is 19.2 Å². The van der Waals surface area contributed by atoms with Crippen molar-refractivity contribution in [3.63, 3.8) is 0 Å².